The van der Waals surface area contributed by atoms with Gasteiger partial charge < -0.3 is 9.47 Å². The molecular weight excluding hydrogens is 386 g/mol. The molecule has 0 atom stereocenters. The maximum Gasteiger partial charge on any atom is 0.267 e. The molecular formula is C22H19N3O3S. The first-order valence-electron chi connectivity index (χ1n) is 9.04. The molecule has 0 fully saturated rings. The Morgan fingerprint density at radius 1 is 1.03 bits per heavy atom. The lowest BCUT2D eigenvalue weighted by Crippen LogP contribution is -2.34. The van der Waals surface area contributed by atoms with Crippen LogP contribution in [0.4, 0.5) is 5.13 Å². The maximum atomic E-state index is 13.0. The number of hydrogen-bond donors (Lipinski definition) is 0. The number of nitrogens with zero attached hydrogens (tertiary/aromatic N) is 3. The molecule has 2 aromatic carbocycles. The molecule has 0 bridgehead atoms. The molecule has 6 nitrogen and oxygen atoms in total. The monoisotopic (exact) mass is 405 g/mol. The van der Waals surface area contributed by atoms with Gasteiger partial charge in [0.2, 0.25) is 0 Å². The number of benzene rings is 2. The molecule has 0 aliphatic heterocycles. The van der Waals surface area contributed by atoms with Crippen LogP contribution in [0.15, 0.2) is 73.1 Å². The van der Waals surface area contributed by atoms with Gasteiger partial charge >= 0.3 is 0 Å². The number of thiazole rings is 1. The van der Waals surface area contributed by atoms with E-state index in [1.54, 1.807) is 48.7 Å². The molecule has 7 heteroatoms. The van der Waals surface area contributed by atoms with Gasteiger partial charge in [-0.1, -0.05) is 29.5 Å². The summed E-state index contributed by atoms with van der Waals surface area (Å²) in [5, 5.41) is 0.637. The van der Waals surface area contributed by atoms with Gasteiger partial charge in [0.15, 0.2) is 11.7 Å². The highest BCUT2D eigenvalue weighted by atomic mass is 32.1. The van der Waals surface area contributed by atoms with E-state index >= 15 is 0 Å². The number of aromatic nitrogens is 2. The Balaban J connectivity index is 1.55. The Morgan fingerprint density at radius 3 is 2.55 bits per heavy atom. The van der Waals surface area contributed by atoms with Crippen molar-refractivity contribution < 1.29 is 14.3 Å². The summed E-state index contributed by atoms with van der Waals surface area (Å²) in [6.45, 7) is 0.279. The molecule has 0 aliphatic rings. The van der Waals surface area contributed by atoms with Crippen molar-refractivity contribution in [3.8, 4) is 11.5 Å². The summed E-state index contributed by atoms with van der Waals surface area (Å²) in [6, 6.07) is 18.8. The van der Waals surface area contributed by atoms with E-state index < -0.39 is 0 Å². The zero-order chi connectivity index (χ0) is 20.1. The normalized spacial score (nSPS) is 10.7. The topological polar surface area (TPSA) is 64.6 Å². The van der Waals surface area contributed by atoms with Crippen molar-refractivity contribution in [2.75, 3.05) is 18.6 Å². The lowest BCUT2D eigenvalue weighted by atomic mass is 10.2. The first-order valence-corrected chi connectivity index (χ1v) is 9.86. The number of carbonyl (C=O) groups is 1. The van der Waals surface area contributed by atoms with Gasteiger partial charge in [-0.15, -0.1) is 0 Å². The van der Waals surface area contributed by atoms with Crippen LogP contribution in [-0.4, -0.2) is 29.6 Å². The second-order valence-electron chi connectivity index (χ2n) is 6.27. The molecule has 0 spiro atoms. The van der Waals surface area contributed by atoms with E-state index in [0.29, 0.717) is 17.4 Å². The fourth-order valence-corrected chi connectivity index (χ4v) is 3.79. The Bertz CT molecular complexity index is 1060. The van der Waals surface area contributed by atoms with Crippen molar-refractivity contribution in [2.24, 2.45) is 0 Å². The summed E-state index contributed by atoms with van der Waals surface area (Å²) < 4.78 is 11.9. The van der Waals surface area contributed by atoms with Gasteiger partial charge in [-0.05, 0) is 48.0 Å². The molecule has 0 radical (unpaired) electrons. The summed E-state index contributed by atoms with van der Waals surface area (Å²) in [4.78, 5) is 23.5. The van der Waals surface area contributed by atoms with E-state index in [0.717, 1.165) is 21.5 Å². The molecule has 146 valence electrons. The highest BCUT2D eigenvalue weighted by Crippen LogP contribution is 2.30. The summed E-state index contributed by atoms with van der Waals surface area (Å²) in [7, 11) is 1.60. The molecule has 0 saturated heterocycles. The van der Waals surface area contributed by atoms with E-state index in [9.17, 15) is 4.79 Å². The molecule has 4 rings (SSSR count). The Hall–Kier alpha value is -3.45. The number of carbonyl (C=O) groups excluding carboxylic acids is 1. The molecule has 0 N–H and O–H groups in total. The zero-order valence-corrected chi connectivity index (χ0v) is 16.6. The van der Waals surface area contributed by atoms with E-state index in [4.69, 9.17) is 9.47 Å². The first-order chi connectivity index (χ1) is 14.2. The fourth-order valence-electron chi connectivity index (χ4n) is 2.81. The second-order valence-corrected chi connectivity index (χ2v) is 7.28. The Labute approximate surface area is 172 Å². The predicted octanol–water partition coefficient (Wildman–Crippen LogP) is 4.31. The van der Waals surface area contributed by atoms with Gasteiger partial charge in [0.25, 0.3) is 5.91 Å². The van der Waals surface area contributed by atoms with Crippen LogP contribution < -0.4 is 14.4 Å². The average molecular weight is 405 g/mol. The van der Waals surface area contributed by atoms with E-state index in [-0.39, 0.29) is 12.5 Å². The van der Waals surface area contributed by atoms with Crippen LogP contribution in [0.3, 0.4) is 0 Å². The highest BCUT2D eigenvalue weighted by molar-refractivity contribution is 7.22. The summed E-state index contributed by atoms with van der Waals surface area (Å²) in [5.74, 6) is 1.16. The van der Waals surface area contributed by atoms with Crippen LogP contribution in [0.25, 0.3) is 10.2 Å². The number of amides is 1. The van der Waals surface area contributed by atoms with Gasteiger partial charge in [0, 0.05) is 12.4 Å². The smallest absolute Gasteiger partial charge is 0.267 e. The minimum atomic E-state index is -0.177. The lowest BCUT2D eigenvalue weighted by Gasteiger charge is -2.20. The number of anilines is 1. The van der Waals surface area contributed by atoms with Gasteiger partial charge in [-0.3, -0.25) is 14.7 Å². The van der Waals surface area contributed by atoms with Crippen molar-refractivity contribution in [1.82, 2.24) is 9.97 Å². The third-order valence-electron chi connectivity index (χ3n) is 4.30. The zero-order valence-electron chi connectivity index (χ0n) is 15.8. The number of para-hydroxylation sites is 1. The van der Waals surface area contributed by atoms with Crippen LogP contribution in [-0.2, 0) is 11.3 Å². The van der Waals surface area contributed by atoms with Gasteiger partial charge in [0.05, 0.1) is 23.9 Å². The Kier molecular flexibility index (Phi) is 5.67. The van der Waals surface area contributed by atoms with E-state index in [1.807, 2.05) is 36.4 Å². The van der Waals surface area contributed by atoms with Gasteiger partial charge in [0.1, 0.15) is 11.5 Å². The molecule has 29 heavy (non-hydrogen) atoms. The number of rotatable bonds is 7. The van der Waals surface area contributed by atoms with E-state index in [2.05, 4.69) is 9.97 Å². The predicted molar refractivity (Wildman–Crippen MR) is 114 cm³/mol. The van der Waals surface area contributed by atoms with E-state index in [1.165, 1.54) is 11.3 Å². The van der Waals surface area contributed by atoms with Crippen molar-refractivity contribution in [2.45, 2.75) is 6.54 Å². The molecule has 0 aliphatic carbocycles. The maximum absolute atomic E-state index is 13.0. The standard InChI is InChI=1S/C22H19N3O3S/c1-27-17-8-10-18(11-9-17)28-15-21(26)25(14-16-5-4-12-23-13-16)22-24-19-6-2-3-7-20(19)29-22/h2-13H,14-15H2,1H3. The SMILES string of the molecule is COc1ccc(OCC(=O)N(Cc2cccnc2)c2nc3ccccc3s2)cc1. The first kappa shape index (κ1) is 18.9. The average Bonchev–Trinajstić information content (AvgIpc) is 3.21. The molecule has 4 aromatic rings. The third kappa shape index (κ3) is 4.52. The number of pyridine rings is 1. The van der Waals surface area contributed by atoms with Gasteiger partial charge in [-0.2, -0.15) is 0 Å². The van der Waals surface area contributed by atoms with Crippen molar-refractivity contribution in [1.29, 1.82) is 0 Å². The van der Waals surface area contributed by atoms with Gasteiger partial charge in [-0.25, -0.2) is 4.98 Å². The van der Waals surface area contributed by atoms with Crippen molar-refractivity contribution >= 4 is 32.6 Å². The summed E-state index contributed by atoms with van der Waals surface area (Å²) in [6.07, 6.45) is 3.46. The van der Waals surface area contributed by atoms with Crippen molar-refractivity contribution in [3.05, 3.63) is 78.6 Å². The fraction of sp³-hybridized carbons (Fsp3) is 0.136. The largest absolute Gasteiger partial charge is 0.497 e. The van der Waals surface area contributed by atoms with Crippen LogP contribution in [0.1, 0.15) is 5.56 Å². The molecule has 0 unspecified atom stereocenters. The lowest BCUT2D eigenvalue weighted by molar-refractivity contribution is -0.120. The third-order valence-corrected chi connectivity index (χ3v) is 5.36. The van der Waals surface area contributed by atoms with Crippen LogP contribution in [0.2, 0.25) is 0 Å². The second kappa shape index (κ2) is 8.70. The minimum Gasteiger partial charge on any atom is -0.497 e. The van der Waals surface area contributed by atoms with Crippen LogP contribution >= 0.6 is 11.3 Å². The molecule has 1 amide bonds. The summed E-state index contributed by atoms with van der Waals surface area (Å²) in [5.41, 5.74) is 1.79. The molecule has 0 saturated carbocycles. The minimum absolute atomic E-state index is 0.0947. The quantitative estimate of drug-likeness (QED) is 0.458. The Morgan fingerprint density at radius 2 is 1.83 bits per heavy atom. The molecule has 2 aromatic heterocycles. The van der Waals surface area contributed by atoms with Crippen LogP contribution in [0, 0.1) is 0 Å². The number of fused-ring (bicyclic) bond motifs is 1. The number of methoxy groups -OCH3 is 1. The van der Waals surface area contributed by atoms with Crippen molar-refractivity contribution in [3.63, 3.8) is 0 Å². The highest BCUT2D eigenvalue weighted by Gasteiger charge is 2.21. The summed E-state index contributed by atoms with van der Waals surface area (Å²) >= 11 is 1.48. The molecule has 2 heterocycles. The van der Waals surface area contributed by atoms with Crippen LogP contribution in [0.5, 0.6) is 11.5 Å². The number of hydrogen-bond acceptors (Lipinski definition) is 6. The number of ether oxygens (including phenoxy) is 2.